The molecule has 0 spiro atoms. The van der Waals surface area contributed by atoms with Crippen LogP contribution >= 0.6 is 11.6 Å². The van der Waals surface area contributed by atoms with Gasteiger partial charge in [0.25, 0.3) is 0 Å². The van der Waals surface area contributed by atoms with Crippen molar-refractivity contribution in [1.29, 1.82) is 0 Å². The van der Waals surface area contributed by atoms with E-state index in [1.807, 2.05) is 12.2 Å². The van der Waals surface area contributed by atoms with Gasteiger partial charge in [-0.15, -0.1) is 0 Å². The first-order chi connectivity index (χ1) is 5.57. The van der Waals surface area contributed by atoms with Crippen LogP contribution in [0.4, 0.5) is 0 Å². The average molecular weight is 182 g/mol. The lowest BCUT2D eigenvalue weighted by molar-refractivity contribution is -0.118. The van der Waals surface area contributed by atoms with Crippen molar-refractivity contribution in [1.82, 2.24) is 0 Å². The highest BCUT2D eigenvalue weighted by molar-refractivity contribution is 6.65. The number of hydrogen-bond donors (Lipinski definition) is 1. The van der Waals surface area contributed by atoms with E-state index in [1.165, 1.54) is 5.57 Å². The van der Waals surface area contributed by atoms with Gasteiger partial charge in [-0.2, -0.15) is 0 Å². The minimum atomic E-state index is -0.433. The van der Waals surface area contributed by atoms with Gasteiger partial charge in [-0.25, -0.2) is 0 Å². The Morgan fingerprint density at radius 3 is 2.33 bits per heavy atom. The maximum Gasteiger partial charge on any atom is 0.236 e. The first kappa shape index (κ1) is 6.87. The average Bonchev–Trinajstić information content (AvgIpc) is 1.79. The predicted molar refractivity (Wildman–Crippen MR) is 45.6 cm³/mol. The van der Waals surface area contributed by atoms with Crippen LogP contribution in [0.15, 0.2) is 23.3 Å². The van der Waals surface area contributed by atoms with Crippen LogP contribution in [0.2, 0.25) is 0 Å². The topological polar surface area (TPSA) is 43.1 Å². The maximum atomic E-state index is 11.1. The summed E-state index contributed by atoms with van der Waals surface area (Å²) in [4.78, 5) is 11.1. The Labute approximate surface area is 75.1 Å². The quantitative estimate of drug-likeness (QED) is 0.487. The fraction of sp³-hybridized carbons (Fsp3) is 0.444. The van der Waals surface area contributed by atoms with Gasteiger partial charge in [0.05, 0.1) is 11.0 Å². The van der Waals surface area contributed by atoms with Gasteiger partial charge in [-0.1, -0.05) is 17.7 Å². The Kier molecular flexibility index (Phi) is 0.883. The molecule has 4 bridgehead atoms. The zero-order valence-corrected chi connectivity index (χ0v) is 7.19. The molecule has 62 valence electrons. The molecular formula is C9H8ClNO. The molecule has 0 aromatic rings. The molecule has 3 heteroatoms. The molecule has 1 fully saturated rings. The molecule has 2 unspecified atom stereocenters. The fourth-order valence-electron chi connectivity index (χ4n) is 2.42. The molecule has 2 N–H and O–H groups in total. The third kappa shape index (κ3) is 0.474. The van der Waals surface area contributed by atoms with Crippen LogP contribution in [0.5, 0.6) is 0 Å². The molecule has 2 nitrogen and oxygen atoms in total. The lowest BCUT2D eigenvalue weighted by Gasteiger charge is -2.58. The third-order valence-corrected chi connectivity index (χ3v) is 3.66. The van der Waals surface area contributed by atoms with Crippen molar-refractivity contribution in [2.24, 2.45) is 11.1 Å². The van der Waals surface area contributed by atoms with Gasteiger partial charge in [0.2, 0.25) is 5.24 Å². The third-order valence-electron chi connectivity index (χ3n) is 3.33. The zero-order valence-electron chi connectivity index (χ0n) is 6.43. The van der Waals surface area contributed by atoms with Crippen LogP contribution in [0.25, 0.3) is 0 Å². The van der Waals surface area contributed by atoms with E-state index in [2.05, 4.69) is 0 Å². The highest BCUT2D eigenvalue weighted by Gasteiger charge is 2.61. The molecule has 0 heterocycles. The Morgan fingerprint density at radius 2 is 2.00 bits per heavy atom. The van der Waals surface area contributed by atoms with Crippen molar-refractivity contribution in [2.75, 3.05) is 0 Å². The molecule has 6 aliphatic rings. The predicted octanol–water partition coefficient (Wildman–Crippen LogP) is 1.11. The summed E-state index contributed by atoms with van der Waals surface area (Å²) in [6, 6.07) is 0. The second-order valence-electron chi connectivity index (χ2n) is 3.98. The van der Waals surface area contributed by atoms with Crippen LogP contribution < -0.4 is 5.73 Å². The summed E-state index contributed by atoms with van der Waals surface area (Å²) >= 11 is 5.54. The zero-order chi connectivity index (χ0) is 8.56. The van der Waals surface area contributed by atoms with Crippen molar-refractivity contribution in [3.05, 3.63) is 23.3 Å². The Bertz CT molecular complexity index is 371. The summed E-state index contributed by atoms with van der Waals surface area (Å²) < 4.78 is 0. The first-order valence-corrected chi connectivity index (χ1v) is 4.38. The van der Waals surface area contributed by atoms with E-state index in [-0.39, 0.29) is 10.8 Å². The molecule has 2 atom stereocenters. The summed E-state index contributed by atoms with van der Waals surface area (Å²) in [5, 5.41) is -0.251. The van der Waals surface area contributed by atoms with Crippen LogP contribution in [-0.4, -0.2) is 10.8 Å². The van der Waals surface area contributed by atoms with E-state index in [1.54, 1.807) is 0 Å². The van der Waals surface area contributed by atoms with Crippen LogP contribution in [-0.2, 0) is 4.79 Å². The normalized spacial score (nSPS) is 46.8. The fourth-order valence-corrected chi connectivity index (χ4v) is 2.66. The van der Waals surface area contributed by atoms with E-state index in [0.29, 0.717) is 0 Å². The van der Waals surface area contributed by atoms with Crippen molar-refractivity contribution in [3.63, 3.8) is 0 Å². The van der Waals surface area contributed by atoms with Crippen LogP contribution in [0, 0.1) is 5.41 Å². The minimum Gasteiger partial charge on any atom is -0.318 e. The SMILES string of the molecule is NC12C=C(C1)C1(C(=O)Cl)C=C2C1. The number of halogens is 1. The molecular weight excluding hydrogens is 174 g/mol. The summed E-state index contributed by atoms with van der Waals surface area (Å²) in [5.41, 5.74) is 7.66. The van der Waals surface area contributed by atoms with Crippen LogP contribution in [0.1, 0.15) is 12.8 Å². The van der Waals surface area contributed by atoms with Crippen molar-refractivity contribution < 1.29 is 4.79 Å². The summed E-state index contributed by atoms with van der Waals surface area (Å²) in [7, 11) is 0. The molecule has 12 heavy (non-hydrogen) atoms. The van der Waals surface area contributed by atoms with Gasteiger partial charge < -0.3 is 5.73 Å². The smallest absolute Gasteiger partial charge is 0.236 e. The van der Waals surface area contributed by atoms with E-state index < -0.39 is 5.41 Å². The highest BCUT2D eigenvalue weighted by atomic mass is 35.5. The molecule has 0 saturated heterocycles. The molecule has 1 saturated carbocycles. The molecule has 6 rings (SSSR count). The van der Waals surface area contributed by atoms with E-state index >= 15 is 0 Å². The van der Waals surface area contributed by atoms with E-state index in [9.17, 15) is 4.79 Å². The van der Waals surface area contributed by atoms with Crippen molar-refractivity contribution in [2.45, 2.75) is 18.4 Å². The van der Waals surface area contributed by atoms with Gasteiger partial charge in [-0.05, 0) is 30.0 Å². The Morgan fingerprint density at radius 1 is 1.42 bits per heavy atom. The number of carbonyl (C=O) groups excluding carboxylic acids is 1. The van der Waals surface area contributed by atoms with Gasteiger partial charge >= 0.3 is 0 Å². The number of nitrogens with two attached hydrogens (primary N) is 1. The van der Waals surface area contributed by atoms with Crippen molar-refractivity contribution >= 4 is 16.8 Å². The van der Waals surface area contributed by atoms with E-state index in [0.717, 1.165) is 18.4 Å². The Hall–Kier alpha value is -0.600. The second-order valence-corrected chi connectivity index (χ2v) is 4.32. The van der Waals surface area contributed by atoms with Gasteiger partial charge in [0.15, 0.2) is 0 Å². The lowest BCUT2D eigenvalue weighted by Crippen LogP contribution is -2.61. The van der Waals surface area contributed by atoms with Crippen molar-refractivity contribution in [3.8, 4) is 0 Å². The summed E-state index contributed by atoms with van der Waals surface area (Å²) in [6.45, 7) is 0. The number of hydrogen-bond acceptors (Lipinski definition) is 2. The number of allylic oxidation sites excluding steroid dienone is 1. The highest BCUT2D eigenvalue weighted by Crippen LogP contribution is 2.63. The first-order valence-electron chi connectivity index (χ1n) is 4.00. The van der Waals surface area contributed by atoms with E-state index in [4.69, 9.17) is 17.3 Å². The maximum absolute atomic E-state index is 11.1. The summed E-state index contributed by atoms with van der Waals surface area (Å²) in [6.07, 6.45) is 5.53. The molecule has 0 aromatic carbocycles. The molecule has 6 aliphatic carbocycles. The molecule has 0 aliphatic heterocycles. The summed E-state index contributed by atoms with van der Waals surface area (Å²) in [5.74, 6) is 0. The number of rotatable bonds is 1. The Balaban J connectivity index is 2.15. The largest absolute Gasteiger partial charge is 0.318 e. The van der Waals surface area contributed by atoms with Gasteiger partial charge in [0.1, 0.15) is 0 Å². The monoisotopic (exact) mass is 181 g/mol. The second kappa shape index (κ2) is 1.54. The minimum absolute atomic E-state index is 0.205. The molecule has 0 amide bonds. The van der Waals surface area contributed by atoms with Gasteiger partial charge in [0, 0.05) is 0 Å². The molecule has 0 radical (unpaired) electrons. The van der Waals surface area contributed by atoms with Crippen LogP contribution in [0.3, 0.4) is 0 Å². The van der Waals surface area contributed by atoms with Gasteiger partial charge in [-0.3, -0.25) is 4.79 Å². The standard InChI is InChI=1S/C9H8ClNO/c10-7(12)8-1-6(2-8)9(11)3-5(8)4-9/h1,3H,2,4,11H2. The molecule has 0 aromatic heterocycles. The lowest BCUT2D eigenvalue weighted by atomic mass is 9.47. The number of carbonyl (C=O) groups is 1.